The largest absolute Gasteiger partial charge is 0.382 e. The SMILES string of the molecule is CCNC(=O)NC(=O)CN1CCC(Nc2ccc(C)cc2)CC1. The zero-order chi connectivity index (χ0) is 16.7. The van der Waals surface area contributed by atoms with E-state index in [2.05, 4.69) is 52.0 Å². The molecule has 2 rings (SSSR count). The predicted octanol–water partition coefficient (Wildman–Crippen LogP) is 1.72. The second-order valence-corrected chi connectivity index (χ2v) is 5.97. The fourth-order valence-corrected chi connectivity index (χ4v) is 2.69. The number of carbonyl (C=O) groups is 2. The number of aryl methyl sites for hydroxylation is 1. The molecule has 1 aliphatic heterocycles. The zero-order valence-corrected chi connectivity index (χ0v) is 13.9. The van der Waals surface area contributed by atoms with Gasteiger partial charge in [-0.25, -0.2) is 4.79 Å². The van der Waals surface area contributed by atoms with E-state index in [9.17, 15) is 9.59 Å². The predicted molar refractivity (Wildman–Crippen MR) is 91.5 cm³/mol. The summed E-state index contributed by atoms with van der Waals surface area (Å²) in [5, 5.41) is 8.43. The Morgan fingerprint density at radius 1 is 1.17 bits per heavy atom. The molecule has 3 N–H and O–H groups in total. The summed E-state index contributed by atoms with van der Waals surface area (Å²) in [7, 11) is 0. The lowest BCUT2D eigenvalue weighted by atomic mass is 10.0. The molecule has 1 saturated heterocycles. The molecular formula is C17H26N4O2. The first-order valence-corrected chi connectivity index (χ1v) is 8.20. The maximum atomic E-state index is 11.8. The topological polar surface area (TPSA) is 73.5 Å². The number of nitrogens with one attached hydrogen (secondary N) is 3. The molecule has 0 bridgehead atoms. The summed E-state index contributed by atoms with van der Waals surface area (Å²) >= 11 is 0. The Morgan fingerprint density at radius 3 is 2.43 bits per heavy atom. The Morgan fingerprint density at radius 2 is 1.83 bits per heavy atom. The van der Waals surface area contributed by atoms with E-state index < -0.39 is 6.03 Å². The Bertz CT molecular complexity index is 522. The highest BCUT2D eigenvalue weighted by atomic mass is 16.2. The number of hydrogen-bond acceptors (Lipinski definition) is 4. The molecule has 1 aliphatic rings. The smallest absolute Gasteiger partial charge is 0.321 e. The van der Waals surface area contributed by atoms with Crippen LogP contribution in [0, 0.1) is 6.92 Å². The van der Waals surface area contributed by atoms with E-state index in [1.807, 2.05) is 6.92 Å². The third-order valence-electron chi connectivity index (χ3n) is 3.97. The van der Waals surface area contributed by atoms with Crippen molar-refractivity contribution in [1.82, 2.24) is 15.5 Å². The highest BCUT2D eigenvalue weighted by molar-refractivity contribution is 5.95. The molecule has 0 aromatic heterocycles. The third-order valence-corrected chi connectivity index (χ3v) is 3.97. The highest BCUT2D eigenvalue weighted by Crippen LogP contribution is 2.17. The van der Waals surface area contributed by atoms with Gasteiger partial charge in [0.05, 0.1) is 6.54 Å². The summed E-state index contributed by atoms with van der Waals surface area (Å²) in [6.45, 7) is 6.38. The summed E-state index contributed by atoms with van der Waals surface area (Å²) in [5.41, 5.74) is 2.39. The van der Waals surface area contributed by atoms with E-state index in [0.717, 1.165) is 31.6 Å². The van der Waals surface area contributed by atoms with Crippen LogP contribution in [-0.2, 0) is 4.79 Å². The van der Waals surface area contributed by atoms with E-state index in [0.29, 0.717) is 12.6 Å². The molecule has 23 heavy (non-hydrogen) atoms. The molecule has 1 fully saturated rings. The second kappa shape index (κ2) is 8.53. The number of urea groups is 1. The first kappa shape index (κ1) is 17.3. The number of anilines is 1. The molecule has 126 valence electrons. The highest BCUT2D eigenvalue weighted by Gasteiger charge is 2.21. The summed E-state index contributed by atoms with van der Waals surface area (Å²) in [4.78, 5) is 25.2. The van der Waals surface area contributed by atoms with Crippen LogP contribution in [0.3, 0.4) is 0 Å². The number of nitrogens with zero attached hydrogens (tertiary/aromatic N) is 1. The molecular weight excluding hydrogens is 292 g/mol. The maximum absolute atomic E-state index is 11.8. The standard InChI is InChI=1S/C17H26N4O2/c1-3-18-17(23)20-16(22)12-21-10-8-15(9-11-21)19-14-6-4-13(2)5-7-14/h4-7,15,19H,3,8-12H2,1-2H3,(H2,18,20,22,23). The van der Waals surface area contributed by atoms with Crippen molar-refractivity contribution in [3.8, 4) is 0 Å². The summed E-state index contributed by atoms with van der Waals surface area (Å²) in [5.74, 6) is -0.249. The molecule has 1 aromatic carbocycles. The van der Waals surface area contributed by atoms with Crippen molar-refractivity contribution in [2.45, 2.75) is 32.7 Å². The van der Waals surface area contributed by atoms with E-state index in [1.165, 1.54) is 5.56 Å². The van der Waals surface area contributed by atoms with Crippen molar-refractivity contribution < 1.29 is 9.59 Å². The van der Waals surface area contributed by atoms with Crippen LogP contribution in [0.5, 0.6) is 0 Å². The summed E-state index contributed by atoms with van der Waals surface area (Å²) in [6.07, 6.45) is 1.98. The number of piperidine rings is 1. The summed E-state index contributed by atoms with van der Waals surface area (Å²) in [6, 6.07) is 8.41. The quantitative estimate of drug-likeness (QED) is 0.773. The van der Waals surface area contributed by atoms with Crippen molar-refractivity contribution in [2.24, 2.45) is 0 Å². The summed E-state index contributed by atoms with van der Waals surface area (Å²) < 4.78 is 0. The number of benzene rings is 1. The van der Waals surface area contributed by atoms with E-state index in [4.69, 9.17) is 0 Å². The van der Waals surface area contributed by atoms with Crippen LogP contribution in [0.1, 0.15) is 25.3 Å². The van der Waals surface area contributed by atoms with Gasteiger partial charge in [-0.2, -0.15) is 0 Å². The van der Waals surface area contributed by atoms with E-state index >= 15 is 0 Å². The van der Waals surface area contributed by atoms with Gasteiger partial charge in [0.25, 0.3) is 0 Å². The van der Waals surface area contributed by atoms with Crippen molar-refractivity contribution in [1.29, 1.82) is 0 Å². The number of amides is 3. The van der Waals surface area contributed by atoms with Crippen LogP contribution >= 0.6 is 0 Å². The monoisotopic (exact) mass is 318 g/mol. The Balaban J connectivity index is 1.70. The van der Waals surface area contributed by atoms with Gasteiger partial charge in [-0.3, -0.25) is 15.0 Å². The second-order valence-electron chi connectivity index (χ2n) is 5.97. The average molecular weight is 318 g/mol. The molecule has 6 heteroatoms. The molecule has 1 aromatic rings. The molecule has 1 heterocycles. The van der Waals surface area contributed by atoms with Gasteiger partial charge in [-0.15, -0.1) is 0 Å². The Hall–Kier alpha value is -2.08. The average Bonchev–Trinajstić information content (AvgIpc) is 2.51. The van der Waals surface area contributed by atoms with E-state index in [1.54, 1.807) is 0 Å². The van der Waals surface area contributed by atoms with Crippen LogP contribution < -0.4 is 16.0 Å². The van der Waals surface area contributed by atoms with Crippen molar-refractivity contribution in [3.05, 3.63) is 29.8 Å². The molecule has 0 atom stereocenters. The molecule has 0 unspecified atom stereocenters. The lowest BCUT2D eigenvalue weighted by Crippen LogP contribution is -2.47. The normalized spacial score (nSPS) is 15.9. The van der Waals surface area contributed by atoms with Gasteiger partial charge in [-0.1, -0.05) is 17.7 Å². The van der Waals surface area contributed by atoms with Crippen LogP contribution in [0.25, 0.3) is 0 Å². The van der Waals surface area contributed by atoms with Crippen molar-refractivity contribution in [2.75, 3.05) is 31.5 Å². The first-order valence-electron chi connectivity index (χ1n) is 8.20. The minimum Gasteiger partial charge on any atom is -0.382 e. The third kappa shape index (κ3) is 5.90. The number of hydrogen-bond donors (Lipinski definition) is 3. The minimum absolute atomic E-state index is 0.249. The van der Waals surface area contributed by atoms with Crippen molar-refractivity contribution in [3.63, 3.8) is 0 Å². The number of likely N-dealkylation sites (tertiary alicyclic amines) is 1. The van der Waals surface area contributed by atoms with Crippen LogP contribution in [0.15, 0.2) is 24.3 Å². The molecule has 0 saturated carbocycles. The van der Waals surface area contributed by atoms with Gasteiger partial charge in [0.15, 0.2) is 0 Å². The van der Waals surface area contributed by atoms with Crippen LogP contribution in [0.2, 0.25) is 0 Å². The van der Waals surface area contributed by atoms with Gasteiger partial charge in [0.2, 0.25) is 5.91 Å². The lowest BCUT2D eigenvalue weighted by Gasteiger charge is -2.32. The maximum Gasteiger partial charge on any atom is 0.321 e. The van der Waals surface area contributed by atoms with Crippen LogP contribution in [-0.4, -0.2) is 49.1 Å². The van der Waals surface area contributed by atoms with Gasteiger partial charge >= 0.3 is 6.03 Å². The Labute approximate surface area is 137 Å². The molecule has 3 amide bonds. The van der Waals surface area contributed by atoms with Crippen LogP contribution in [0.4, 0.5) is 10.5 Å². The number of imide groups is 1. The molecule has 0 aliphatic carbocycles. The van der Waals surface area contributed by atoms with Gasteiger partial charge in [0.1, 0.15) is 0 Å². The lowest BCUT2D eigenvalue weighted by molar-refractivity contribution is -0.121. The minimum atomic E-state index is -0.423. The van der Waals surface area contributed by atoms with E-state index in [-0.39, 0.29) is 12.5 Å². The first-order chi connectivity index (χ1) is 11.1. The Kier molecular flexibility index (Phi) is 6.40. The number of carbonyl (C=O) groups excluding carboxylic acids is 2. The fraction of sp³-hybridized carbons (Fsp3) is 0.529. The van der Waals surface area contributed by atoms with Gasteiger partial charge < -0.3 is 10.6 Å². The zero-order valence-electron chi connectivity index (χ0n) is 13.9. The fourth-order valence-electron chi connectivity index (χ4n) is 2.69. The molecule has 6 nitrogen and oxygen atoms in total. The molecule has 0 radical (unpaired) electrons. The number of rotatable bonds is 5. The van der Waals surface area contributed by atoms with Crippen molar-refractivity contribution >= 4 is 17.6 Å². The van der Waals surface area contributed by atoms with Gasteiger partial charge in [0, 0.05) is 31.4 Å². The van der Waals surface area contributed by atoms with Gasteiger partial charge in [-0.05, 0) is 38.8 Å². The molecule has 0 spiro atoms.